The fourth-order valence-electron chi connectivity index (χ4n) is 7.05. The zero-order chi connectivity index (χ0) is 34.4. The molecule has 10 rings (SSSR count). The number of nitrogens with zero attached hydrogens (tertiary/aromatic N) is 5. The number of benzene rings is 5. The van der Waals surface area contributed by atoms with Gasteiger partial charge in [-0.15, -0.1) is 0 Å². The first-order valence-corrected chi connectivity index (χ1v) is 17.3. The molecule has 0 aliphatic heterocycles. The van der Waals surface area contributed by atoms with Crippen molar-refractivity contribution in [1.82, 2.24) is 24.9 Å². The van der Waals surface area contributed by atoms with Crippen molar-refractivity contribution in [3.05, 3.63) is 176 Å². The maximum Gasteiger partial charge on any atom is 0.0972 e. The second-order valence-corrected chi connectivity index (χ2v) is 13.0. The second kappa shape index (κ2) is 12.3. The van der Waals surface area contributed by atoms with Crippen molar-refractivity contribution in [2.75, 3.05) is 0 Å². The summed E-state index contributed by atoms with van der Waals surface area (Å²) in [4.78, 5) is 24.1. The molecule has 5 nitrogen and oxygen atoms in total. The molecule has 0 amide bonds. The zero-order valence-corrected chi connectivity index (χ0v) is 28.0. The summed E-state index contributed by atoms with van der Waals surface area (Å²) in [7, 11) is 0. The Morgan fingerprint density at radius 2 is 0.808 bits per heavy atom. The van der Waals surface area contributed by atoms with E-state index in [0.29, 0.717) is 0 Å². The Hall–Kier alpha value is -7.11. The predicted octanol–water partition coefficient (Wildman–Crippen LogP) is 11.6. The summed E-state index contributed by atoms with van der Waals surface area (Å²) in [6.45, 7) is 0. The van der Waals surface area contributed by atoms with Crippen LogP contribution >= 0.6 is 0 Å². The first kappa shape index (κ1) is 29.8. The fraction of sp³-hybridized carbons (Fsp3) is 0. The maximum atomic E-state index is 5.08. The minimum Gasteiger partial charge on any atom is -0.264 e. The lowest BCUT2D eigenvalue weighted by molar-refractivity contribution is 1.33. The van der Waals surface area contributed by atoms with Crippen molar-refractivity contribution >= 4 is 43.6 Å². The molecule has 10 aromatic rings. The van der Waals surface area contributed by atoms with Gasteiger partial charge in [0.05, 0.1) is 39.1 Å². The van der Waals surface area contributed by atoms with Crippen LogP contribution in [0.1, 0.15) is 0 Å². The molecule has 5 heterocycles. The molecule has 0 atom stereocenters. The van der Waals surface area contributed by atoms with Gasteiger partial charge in [-0.3, -0.25) is 9.97 Å². The molecule has 0 spiro atoms. The van der Waals surface area contributed by atoms with E-state index >= 15 is 0 Å². The number of hydrogen-bond donors (Lipinski definition) is 0. The van der Waals surface area contributed by atoms with Crippen LogP contribution in [0.3, 0.4) is 0 Å². The van der Waals surface area contributed by atoms with E-state index in [1.54, 1.807) is 6.20 Å². The Morgan fingerprint density at radius 3 is 1.44 bits per heavy atom. The van der Waals surface area contributed by atoms with Crippen molar-refractivity contribution in [3.8, 4) is 56.0 Å². The molecule has 52 heavy (non-hydrogen) atoms. The Bertz CT molecular complexity index is 2970. The summed E-state index contributed by atoms with van der Waals surface area (Å²) in [5.74, 6) is 0. The first-order valence-electron chi connectivity index (χ1n) is 17.3. The van der Waals surface area contributed by atoms with Gasteiger partial charge in [0.1, 0.15) is 0 Å². The Labute approximate surface area is 300 Å². The van der Waals surface area contributed by atoms with Gasteiger partial charge in [-0.2, -0.15) is 0 Å². The Morgan fingerprint density at radius 1 is 0.308 bits per heavy atom. The third-order valence-corrected chi connectivity index (χ3v) is 9.75. The van der Waals surface area contributed by atoms with Crippen LogP contribution in [0.4, 0.5) is 0 Å². The van der Waals surface area contributed by atoms with Crippen LogP contribution < -0.4 is 0 Å². The lowest BCUT2D eigenvalue weighted by Crippen LogP contribution is -1.90. The predicted molar refractivity (Wildman–Crippen MR) is 213 cm³/mol. The topological polar surface area (TPSA) is 64.5 Å². The van der Waals surface area contributed by atoms with E-state index in [4.69, 9.17) is 15.0 Å². The van der Waals surface area contributed by atoms with Crippen molar-refractivity contribution in [3.63, 3.8) is 0 Å². The van der Waals surface area contributed by atoms with Crippen LogP contribution in [0.2, 0.25) is 0 Å². The second-order valence-electron chi connectivity index (χ2n) is 13.0. The van der Waals surface area contributed by atoms with Gasteiger partial charge >= 0.3 is 0 Å². The van der Waals surface area contributed by atoms with E-state index < -0.39 is 0 Å². The summed E-state index contributed by atoms with van der Waals surface area (Å²) < 4.78 is 0. The number of hydrogen-bond acceptors (Lipinski definition) is 5. The molecular weight excluding hydrogens is 635 g/mol. The largest absolute Gasteiger partial charge is 0.264 e. The minimum absolute atomic E-state index is 0.912. The molecule has 5 heteroatoms. The molecular formula is C47H29N5. The molecule has 5 aromatic carbocycles. The van der Waals surface area contributed by atoms with Crippen LogP contribution in [-0.2, 0) is 0 Å². The quantitative estimate of drug-likeness (QED) is 0.171. The molecule has 242 valence electrons. The number of fused-ring (bicyclic) bond motifs is 5. The smallest absolute Gasteiger partial charge is 0.0972 e. The van der Waals surface area contributed by atoms with Gasteiger partial charge in [0.25, 0.3) is 0 Å². The molecule has 0 N–H and O–H groups in total. The fourth-order valence-corrected chi connectivity index (χ4v) is 7.05. The van der Waals surface area contributed by atoms with Crippen LogP contribution in [-0.4, -0.2) is 24.9 Å². The van der Waals surface area contributed by atoms with Crippen LogP contribution in [0.25, 0.3) is 99.6 Å². The van der Waals surface area contributed by atoms with Gasteiger partial charge in [-0.25, -0.2) is 15.0 Å². The summed E-state index contributed by atoms with van der Waals surface area (Å²) in [6.07, 6.45) is 5.51. The average molecular weight is 664 g/mol. The van der Waals surface area contributed by atoms with Gasteiger partial charge in [0, 0.05) is 62.4 Å². The van der Waals surface area contributed by atoms with Gasteiger partial charge < -0.3 is 0 Å². The third-order valence-electron chi connectivity index (χ3n) is 9.75. The summed E-state index contributed by atoms with van der Waals surface area (Å²) >= 11 is 0. The van der Waals surface area contributed by atoms with E-state index in [9.17, 15) is 0 Å². The summed E-state index contributed by atoms with van der Waals surface area (Å²) in [5.41, 5.74) is 14.2. The molecule has 0 radical (unpaired) electrons. The Balaban J connectivity index is 0.931. The SMILES string of the molecule is c1cncc(-c2cccc(-c3ccc4cc(-c5ccc6nc(-c7cccc(-c8ccc9ccc%10cccnc%10c9n8)c7)ccc6c5)ccc4n3)c2)c1. The van der Waals surface area contributed by atoms with Gasteiger partial charge in [-0.05, 0) is 83.4 Å². The van der Waals surface area contributed by atoms with E-state index in [2.05, 4.69) is 156 Å². The van der Waals surface area contributed by atoms with Crippen LogP contribution in [0, 0.1) is 0 Å². The highest BCUT2D eigenvalue weighted by molar-refractivity contribution is 6.03. The van der Waals surface area contributed by atoms with Crippen molar-refractivity contribution < 1.29 is 0 Å². The van der Waals surface area contributed by atoms with E-state index in [0.717, 1.165) is 99.6 Å². The summed E-state index contributed by atoms with van der Waals surface area (Å²) in [6, 6.07) is 54.9. The standard InChI is InChI=1S/C47H29N5/c1-5-32(40-10-3-23-48-29-40)25-35(6-1)41-21-16-38-26-33(14-19-43(38)50-41)34-15-20-44-39(27-34)17-22-42(51-44)36-7-2-8-37(28-36)45-18-13-31-12-11-30-9-4-24-49-46(30)47(31)52-45/h1-29H. The third kappa shape index (κ3) is 5.42. The van der Waals surface area contributed by atoms with Gasteiger partial charge in [-0.1, -0.05) is 91.0 Å². The minimum atomic E-state index is 0.912. The summed E-state index contributed by atoms with van der Waals surface area (Å²) in [5, 5.41) is 4.36. The number of rotatable bonds is 5. The van der Waals surface area contributed by atoms with Crippen molar-refractivity contribution in [2.24, 2.45) is 0 Å². The lowest BCUT2D eigenvalue weighted by Gasteiger charge is -2.10. The highest BCUT2D eigenvalue weighted by Gasteiger charge is 2.11. The molecule has 0 aliphatic carbocycles. The van der Waals surface area contributed by atoms with E-state index in [-0.39, 0.29) is 0 Å². The monoisotopic (exact) mass is 663 g/mol. The van der Waals surface area contributed by atoms with Crippen molar-refractivity contribution in [2.45, 2.75) is 0 Å². The van der Waals surface area contributed by atoms with Gasteiger partial charge in [0.2, 0.25) is 0 Å². The maximum absolute atomic E-state index is 5.08. The van der Waals surface area contributed by atoms with Crippen LogP contribution in [0.5, 0.6) is 0 Å². The molecule has 0 bridgehead atoms. The molecule has 0 saturated carbocycles. The molecule has 0 aliphatic rings. The van der Waals surface area contributed by atoms with E-state index in [1.165, 1.54) is 0 Å². The Kier molecular flexibility index (Phi) is 7.07. The van der Waals surface area contributed by atoms with Crippen molar-refractivity contribution in [1.29, 1.82) is 0 Å². The molecule has 0 unspecified atom stereocenters. The highest BCUT2D eigenvalue weighted by Crippen LogP contribution is 2.32. The zero-order valence-electron chi connectivity index (χ0n) is 28.0. The highest BCUT2D eigenvalue weighted by atomic mass is 14.8. The van der Waals surface area contributed by atoms with Gasteiger partial charge in [0.15, 0.2) is 0 Å². The lowest BCUT2D eigenvalue weighted by atomic mass is 9.99. The molecule has 0 saturated heterocycles. The van der Waals surface area contributed by atoms with Crippen LogP contribution in [0.15, 0.2) is 176 Å². The average Bonchev–Trinajstić information content (AvgIpc) is 3.23. The number of aromatic nitrogens is 5. The molecule has 0 fully saturated rings. The number of pyridine rings is 5. The normalized spacial score (nSPS) is 11.5. The van der Waals surface area contributed by atoms with E-state index in [1.807, 2.05) is 24.5 Å². The molecule has 5 aromatic heterocycles. The first-order chi connectivity index (χ1) is 25.7.